The van der Waals surface area contributed by atoms with Gasteiger partial charge in [-0.2, -0.15) is 4.73 Å². The molecule has 0 saturated carbocycles. The average Bonchev–Trinajstić information content (AvgIpc) is 1.82. The molecular formula is C7H9NOS. The van der Waals surface area contributed by atoms with Crippen molar-refractivity contribution in [3.8, 4) is 0 Å². The van der Waals surface area contributed by atoms with E-state index in [1.165, 1.54) is 6.20 Å². The number of hydrogen-bond donors (Lipinski definition) is 1. The smallest absolute Gasteiger partial charge is 0.251 e. The topological polar surface area (TPSA) is 26.9 Å². The highest BCUT2D eigenvalue weighted by Crippen LogP contribution is 2.07. The highest BCUT2D eigenvalue weighted by atomic mass is 32.1. The van der Waals surface area contributed by atoms with E-state index in [9.17, 15) is 5.21 Å². The number of hydrogen-bond acceptors (Lipinski definition) is 2. The molecule has 3 heteroatoms. The van der Waals surface area contributed by atoms with E-state index in [-0.39, 0.29) is 0 Å². The molecule has 0 N–H and O–H groups in total. The Kier molecular flexibility index (Phi) is 1.85. The Bertz CT molecular complexity index is 237. The van der Waals surface area contributed by atoms with Gasteiger partial charge in [-0.05, 0) is 19.9 Å². The van der Waals surface area contributed by atoms with Crippen molar-refractivity contribution in [3.05, 3.63) is 28.6 Å². The molecule has 0 aliphatic carbocycles. The Hall–Kier alpha value is -0.700. The summed E-state index contributed by atoms with van der Waals surface area (Å²) in [6.45, 7) is 3.75. The van der Waals surface area contributed by atoms with Crippen LogP contribution in [0.4, 0.5) is 0 Å². The largest absolute Gasteiger partial charge is 0.618 e. The van der Waals surface area contributed by atoms with Gasteiger partial charge in [-0.3, -0.25) is 0 Å². The van der Waals surface area contributed by atoms with E-state index >= 15 is 0 Å². The highest BCUT2D eigenvalue weighted by Gasteiger charge is 2.03. The van der Waals surface area contributed by atoms with Crippen LogP contribution in [0, 0.1) is 19.1 Å². The van der Waals surface area contributed by atoms with E-state index in [2.05, 4.69) is 12.6 Å². The lowest BCUT2D eigenvalue weighted by molar-refractivity contribution is -0.646. The summed E-state index contributed by atoms with van der Waals surface area (Å²) in [4.78, 5) is 0. The van der Waals surface area contributed by atoms with Crippen molar-refractivity contribution in [2.24, 2.45) is 0 Å². The van der Waals surface area contributed by atoms with Crippen LogP contribution in [0.1, 0.15) is 11.1 Å². The van der Waals surface area contributed by atoms with Crippen molar-refractivity contribution in [1.29, 1.82) is 0 Å². The molecule has 0 aliphatic heterocycles. The molecule has 0 atom stereocenters. The average molecular weight is 155 g/mol. The fourth-order valence-electron chi connectivity index (χ4n) is 0.863. The van der Waals surface area contributed by atoms with Gasteiger partial charge in [0.15, 0.2) is 6.20 Å². The zero-order valence-electron chi connectivity index (χ0n) is 5.96. The Balaban J connectivity index is 3.31. The summed E-state index contributed by atoms with van der Waals surface area (Å²) >= 11 is 4.01. The van der Waals surface area contributed by atoms with Gasteiger partial charge < -0.3 is 5.21 Å². The van der Waals surface area contributed by atoms with Crippen LogP contribution in [-0.4, -0.2) is 0 Å². The lowest BCUT2D eigenvalue weighted by Crippen LogP contribution is -2.28. The van der Waals surface area contributed by atoms with Gasteiger partial charge in [0, 0.05) is 11.1 Å². The molecule has 10 heavy (non-hydrogen) atoms. The number of rotatable bonds is 0. The molecule has 0 fully saturated rings. The summed E-state index contributed by atoms with van der Waals surface area (Å²) in [7, 11) is 0. The van der Waals surface area contributed by atoms with E-state index in [0.717, 1.165) is 15.9 Å². The van der Waals surface area contributed by atoms with Crippen LogP contribution in [0.2, 0.25) is 0 Å². The zero-order valence-corrected chi connectivity index (χ0v) is 6.85. The van der Waals surface area contributed by atoms with Crippen LogP contribution in [-0.2, 0) is 0 Å². The van der Waals surface area contributed by atoms with Crippen molar-refractivity contribution < 1.29 is 4.73 Å². The molecule has 54 valence electrons. The van der Waals surface area contributed by atoms with Crippen LogP contribution in [0.5, 0.6) is 0 Å². The maximum Gasteiger partial charge on any atom is 0.251 e. The molecule has 1 aromatic heterocycles. The third kappa shape index (κ3) is 1.24. The van der Waals surface area contributed by atoms with Gasteiger partial charge in [-0.15, -0.1) is 0 Å². The van der Waals surface area contributed by atoms with Crippen molar-refractivity contribution in [2.75, 3.05) is 0 Å². The fraction of sp³-hybridized carbons (Fsp3) is 0.286. The monoisotopic (exact) mass is 155 g/mol. The van der Waals surface area contributed by atoms with Crippen LogP contribution in [0.25, 0.3) is 0 Å². The molecule has 0 spiro atoms. The van der Waals surface area contributed by atoms with E-state index in [0.29, 0.717) is 5.03 Å². The molecule has 1 heterocycles. The molecule has 0 unspecified atom stereocenters. The Morgan fingerprint density at radius 2 is 2.10 bits per heavy atom. The third-order valence-electron chi connectivity index (χ3n) is 1.33. The second-order valence-corrected chi connectivity index (χ2v) is 2.77. The SMILES string of the molecule is Cc1cc(C)c(S)[n+]([O-])c1. The standard InChI is InChI=1S/C7H9NOS/c1-5-3-6(2)7(10)8(9)4-5/h3-4,10H,1-2H3. The molecule has 0 radical (unpaired) electrons. The van der Waals surface area contributed by atoms with Crippen LogP contribution in [0.3, 0.4) is 0 Å². The third-order valence-corrected chi connectivity index (χ3v) is 1.88. The Labute approximate surface area is 65.5 Å². The number of nitrogens with zero attached hydrogens (tertiary/aromatic N) is 1. The van der Waals surface area contributed by atoms with Crippen molar-refractivity contribution in [2.45, 2.75) is 18.9 Å². The maximum absolute atomic E-state index is 10.9. The summed E-state index contributed by atoms with van der Waals surface area (Å²) in [6, 6.07) is 1.93. The summed E-state index contributed by atoms with van der Waals surface area (Å²) in [6.07, 6.45) is 1.51. The van der Waals surface area contributed by atoms with E-state index in [4.69, 9.17) is 0 Å². The second kappa shape index (κ2) is 2.50. The molecule has 0 bridgehead atoms. The summed E-state index contributed by atoms with van der Waals surface area (Å²) < 4.78 is 0.772. The minimum Gasteiger partial charge on any atom is -0.618 e. The van der Waals surface area contributed by atoms with Crippen molar-refractivity contribution in [1.82, 2.24) is 0 Å². The molecule has 0 saturated heterocycles. The van der Waals surface area contributed by atoms with E-state index in [1.54, 1.807) is 0 Å². The first-order valence-corrected chi connectivity index (χ1v) is 3.45. The minimum absolute atomic E-state index is 0.477. The van der Waals surface area contributed by atoms with Crippen LogP contribution in [0.15, 0.2) is 17.3 Å². The number of aromatic nitrogens is 1. The van der Waals surface area contributed by atoms with Crippen LogP contribution >= 0.6 is 12.6 Å². The van der Waals surface area contributed by atoms with Gasteiger partial charge in [0.05, 0.1) is 0 Å². The molecule has 0 amide bonds. The zero-order chi connectivity index (χ0) is 7.72. The molecular weight excluding hydrogens is 146 g/mol. The lowest BCUT2D eigenvalue weighted by atomic mass is 10.2. The Morgan fingerprint density at radius 3 is 2.60 bits per heavy atom. The fourth-order valence-corrected chi connectivity index (χ4v) is 0.986. The number of thiol groups is 1. The van der Waals surface area contributed by atoms with Crippen LogP contribution < -0.4 is 4.73 Å². The number of pyridine rings is 1. The van der Waals surface area contributed by atoms with Gasteiger partial charge in [-0.1, -0.05) is 12.6 Å². The molecule has 1 aromatic rings. The van der Waals surface area contributed by atoms with Crippen molar-refractivity contribution >= 4 is 12.6 Å². The molecule has 0 aromatic carbocycles. The first-order valence-electron chi connectivity index (χ1n) is 3.00. The van der Waals surface area contributed by atoms with E-state index in [1.807, 2.05) is 19.9 Å². The first kappa shape index (κ1) is 7.41. The summed E-state index contributed by atoms with van der Waals surface area (Å²) in [5.74, 6) is 0. The van der Waals surface area contributed by atoms with Gasteiger partial charge in [0.1, 0.15) is 0 Å². The molecule has 0 aliphatic rings. The lowest BCUT2D eigenvalue weighted by Gasteiger charge is -2.02. The van der Waals surface area contributed by atoms with Gasteiger partial charge in [0.25, 0.3) is 5.03 Å². The predicted octanol–water partition coefficient (Wildman–Crippen LogP) is 1.23. The highest BCUT2D eigenvalue weighted by molar-refractivity contribution is 7.80. The van der Waals surface area contributed by atoms with Gasteiger partial charge in [0.2, 0.25) is 0 Å². The molecule has 2 nitrogen and oxygen atoms in total. The summed E-state index contributed by atoms with van der Waals surface area (Å²) in [5.41, 5.74) is 1.88. The van der Waals surface area contributed by atoms with E-state index < -0.39 is 0 Å². The predicted molar refractivity (Wildman–Crippen MR) is 42.1 cm³/mol. The van der Waals surface area contributed by atoms with Crippen molar-refractivity contribution in [3.63, 3.8) is 0 Å². The second-order valence-electron chi connectivity index (χ2n) is 2.35. The molecule has 1 rings (SSSR count). The maximum atomic E-state index is 10.9. The minimum atomic E-state index is 0.477. The van der Waals surface area contributed by atoms with Gasteiger partial charge >= 0.3 is 0 Å². The first-order chi connectivity index (χ1) is 4.61. The van der Waals surface area contributed by atoms with Gasteiger partial charge in [-0.25, -0.2) is 0 Å². The normalized spacial score (nSPS) is 9.90. The Morgan fingerprint density at radius 1 is 1.50 bits per heavy atom. The number of aryl methyl sites for hydroxylation is 2. The summed E-state index contributed by atoms with van der Waals surface area (Å²) in [5, 5.41) is 11.4. The quantitative estimate of drug-likeness (QED) is 0.340.